The van der Waals surface area contributed by atoms with Crippen LogP contribution in [0.15, 0.2) is 24.3 Å². The molecule has 0 saturated heterocycles. The van der Waals surface area contributed by atoms with Crippen LogP contribution in [0.4, 0.5) is 0 Å². The van der Waals surface area contributed by atoms with Gasteiger partial charge < -0.3 is 13.3 Å². The van der Waals surface area contributed by atoms with Gasteiger partial charge in [0.05, 0.1) is 0 Å². The quantitative estimate of drug-likeness (QED) is 0.386. The third-order valence-electron chi connectivity index (χ3n) is 2.89. The molecule has 0 spiro atoms. The molecule has 0 fully saturated rings. The van der Waals surface area contributed by atoms with Crippen LogP contribution in [0.3, 0.4) is 0 Å². The summed E-state index contributed by atoms with van der Waals surface area (Å²) in [7, 11) is -2.63. The predicted octanol–water partition coefficient (Wildman–Crippen LogP) is 4.59. The van der Waals surface area contributed by atoms with Gasteiger partial charge in [-0.25, -0.2) is 0 Å². The van der Waals surface area contributed by atoms with Crippen molar-refractivity contribution in [3.05, 3.63) is 33.4 Å². The fourth-order valence-electron chi connectivity index (χ4n) is 1.95. The first-order chi connectivity index (χ1) is 10.2. The molecule has 0 aliphatic carbocycles. The molecule has 0 aliphatic rings. The molecule has 0 atom stereocenters. The summed E-state index contributed by atoms with van der Waals surface area (Å²) >= 11 is 2.34. The Kier molecular flexibility index (Phi) is 9.75. The van der Waals surface area contributed by atoms with Crippen molar-refractivity contribution in [1.82, 2.24) is 0 Å². The molecule has 0 bridgehead atoms. The topological polar surface area (TPSA) is 27.7 Å². The fourth-order valence-corrected chi connectivity index (χ4v) is 5.38. The summed E-state index contributed by atoms with van der Waals surface area (Å²) in [6.45, 7) is 8.44. The minimum absolute atomic E-state index is 0.698. The predicted molar refractivity (Wildman–Crippen MR) is 97.3 cm³/mol. The van der Waals surface area contributed by atoms with Crippen molar-refractivity contribution in [1.29, 1.82) is 0 Å². The lowest BCUT2D eigenvalue weighted by Gasteiger charge is -2.29. The lowest BCUT2D eigenvalue weighted by atomic mass is 10.2. The number of benzene rings is 1. The summed E-state index contributed by atoms with van der Waals surface area (Å²) in [5.74, 6) is 0. The highest BCUT2D eigenvalue weighted by atomic mass is 127. The van der Waals surface area contributed by atoms with Gasteiger partial charge in [0.1, 0.15) is 0 Å². The highest BCUT2D eigenvalue weighted by Gasteiger charge is 2.41. The minimum Gasteiger partial charge on any atom is -0.373 e. The van der Waals surface area contributed by atoms with Gasteiger partial charge in [0, 0.05) is 29.4 Å². The van der Waals surface area contributed by atoms with Gasteiger partial charge in [-0.15, -0.1) is 0 Å². The third kappa shape index (κ3) is 7.23. The van der Waals surface area contributed by atoms with E-state index in [1.807, 2.05) is 0 Å². The van der Waals surface area contributed by atoms with Crippen LogP contribution < -0.4 is 0 Å². The molecule has 0 saturated carbocycles. The van der Waals surface area contributed by atoms with Crippen molar-refractivity contribution >= 4 is 31.4 Å². The molecule has 1 rings (SSSR count). The first-order valence-electron chi connectivity index (χ1n) is 7.82. The second kappa shape index (κ2) is 10.7. The Labute approximate surface area is 143 Å². The van der Waals surface area contributed by atoms with Crippen molar-refractivity contribution in [2.75, 3.05) is 19.8 Å². The molecule has 0 radical (unpaired) electrons. The summed E-state index contributed by atoms with van der Waals surface area (Å²) in [5, 5.41) is 0. The van der Waals surface area contributed by atoms with E-state index in [4.69, 9.17) is 13.3 Å². The molecule has 0 amide bonds. The van der Waals surface area contributed by atoms with Crippen LogP contribution >= 0.6 is 22.6 Å². The average molecular weight is 422 g/mol. The monoisotopic (exact) mass is 422 g/mol. The molecule has 5 heteroatoms. The highest BCUT2D eigenvalue weighted by Crippen LogP contribution is 2.20. The smallest absolute Gasteiger partial charge is 0.373 e. The normalized spacial score (nSPS) is 11.8. The van der Waals surface area contributed by atoms with Crippen LogP contribution in [0.1, 0.15) is 45.6 Å². The molecule has 21 heavy (non-hydrogen) atoms. The molecule has 3 nitrogen and oxygen atoms in total. The Bertz CT molecular complexity index is 379. The van der Waals surface area contributed by atoms with Crippen molar-refractivity contribution in [3.63, 3.8) is 0 Å². The number of halogens is 1. The van der Waals surface area contributed by atoms with Gasteiger partial charge >= 0.3 is 8.80 Å². The van der Waals surface area contributed by atoms with E-state index < -0.39 is 8.80 Å². The van der Waals surface area contributed by atoms with E-state index in [2.05, 4.69) is 67.6 Å². The van der Waals surface area contributed by atoms with Crippen molar-refractivity contribution in [2.24, 2.45) is 0 Å². The molecule has 1 aromatic carbocycles. The Morgan fingerprint density at radius 3 is 1.86 bits per heavy atom. The van der Waals surface area contributed by atoms with E-state index in [1.54, 1.807) is 0 Å². The fraction of sp³-hybridized carbons (Fsp3) is 0.625. The molecule has 0 N–H and O–H groups in total. The molecule has 120 valence electrons. The molecule has 0 aromatic heterocycles. The lowest BCUT2D eigenvalue weighted by molar-refractivity contribution is 0.0583. The second-order valence-electron chi connectivity index (χ2n) is 5.04. The molecule has 1 aromatic rings. The van der Waals surface area contributed by atoms with E-state index in [0.717, 1.165) is 25.3 Å². The maximum atomic E-state index is 6.12. The van der Waals surface area contributed by atoms with Crippen LogP contribution in [0.5, 0.6) is 0 Å². The van der Waals surface area contributed by atoms with Crippen molar-refractivity contribution < 1.29 is 13.3 Å². The van der Waals surface area contributed by atoms with Gasteiger partial charge in [0.25, 0.3) is 0 Å². The van der Waals surface area contributed by atoms with Gasteiger partial charge in [-0.05, 0) is 59.5 Å². The van der Waals surface area contributed by atoms with Crippen LogP contribution in [0, 0.1) is 3.57 Å². The van der Waals surface area contributed by atoms with Crippen LogP contribution in [0.2, 0.25) is 0 Å². The maximum absolute atomic E-state index is 6.12. The Morgan fingerprint density at radius 1 is 0.905 bits per heavy atom. The number of hydrogen-bond acceptors (Lipinski definition) is 3. The number of hydrogen-bond donors (Lipinski definition) is 0. The van der Waals surface area contributed by atoms with Gasteiger partial charge in [-0.3, -0.25) is 0 Å². The van der Waals surface area contributed by atoms with E-state index in [1.165, 1.54) is 9.13 Å². The SMILES string of the molecule is CCCO[Si](Cc1cccc(I)c1)(OCCC)OCCC. The molecular weight excluding hydrogens is 395 g/mol. The zero-order valence-corrected chi connectivity index (χ0v) is 16.5. The Balaban J connectivity index is 2.88. The van der Waals surface area contributed by atoms with Crippen molar-refractivity contribution in [2.45, 2.75) is 46.1 Å². The van der Waals surface area contributed by atoms with E-state index in [0.29, 0.717) is 19.8 Å². The van der Waals surface area contributed by atoms with E-state index in [-0.39, 0.29) is 0 Å². The molecule has 0 unspecified atom stereocenters. The average Bonchev–Trinajstić information content (AvgIpc) is 2.48. The summed E-state index contributed by atoms with van der Waals surface area (Å²) < 4.78 is 19.6. The number of rotatable bonds is 11. The molecule has 0 heterocycles. The summed E-state index contributed by atoms with van der Waals surface area (Å²) in [6.07, 6.45) is 2.93. The van der Waals surface area contributed by atoms with Crippen molar-refractivity contribution in [3.8, 4) is 0 Å². The second-order valence-corrected chi connectivity index (χ2v) is 8.87. The molecular formula is C16H27IO3Si. The highest BCUT2D eigenvalue weighted by molar-refractivity contribution is 14.1. The zero-order chi connectivity index (χ0) is 15.6. The summed E-state index contributed by atoms with van der Waals surface area (Å²) in [6, 6.07) is 9.24. The largest absolute Gasteiger partial charge is 0.505 e. The lowest BCUT2D eigenvalue weighted by Crippen LogP contribution is -2.49. The first kappa shape index (κ1) is 19.1. The minimum atomic E-state index is -2.63. The third-order valence-corrected chi connectivity index (χ3v) is 6.33. The summed E-state index contributed by atoms with van der Waals surface area (Å²) in [5.41, 5.74) is 1.23. The Morgan fingerprint density at radius 2 is 1.43 bits per heavy atom. The zero-order valence-electron chi connectivity index (χ0n) is 13.4. The Hall–Kier alpha value is 0.0469. The standard InChI is InChI=1S/C16H27IO3Si/c1-4-10-18-21(19-11-5-2,20-12-6-3)14-15-8-7-9-16(17)13-15/h7-9,13H,4-6,10-12,14H2,1-3H3. The van der Waals surface area contributed by atoms with Crippen LogP contribution in [0.25, 0.3) is 0 Å². The van der Waals surface area contributed by atoms with Gasteiger partial charge in [-0.1, -0.05) is 32.9 Å². The van der Waals surface area contributed by atoms with Gasteiger partial charge in [0.2, 0.25) is 0 Å². The summed E-state index contributed by atoms with van der Waals surface area (Å²) in [4.78, 5) is 0. The van der Waals surface area contributed by atoms with Crippen LogP contribution in [-0.2, 0) is 19.3 Å². The van der Waals surface area contributed by atoms with E-state index >= 15 is 0 Å². The van der Waals surface area contributed by atoms with Gasteiger partial charge in [0.15, 0.2) is 0 Å². The molecule has 0 aliphatic heterocycles. The van der Waals surface area contributed by atoms with E-state index in [9.17, 15) is 0 Å². The maximum Gasteiger partial charge on any atom is 0.505 e. The van der Waals surface area contributed by atoms with Gasteiger partial charge in [-0.2, -0.15) is 0 Å². The first-order valence-corrected chi connectivity index (χ1v) is 10.8. The van der Waals surface area contributed by atoms with Crippen LogP contribution in [-0.4, -0.2) is 28.6 Å².